The van der Waals surface area contributed by atoms with Gasteiger partial charge in [-0.2, -0.15) is 15.3 Å². The highest BCUT2D eigenvalue weighted by atomic mass is 127. The van der Waals surface area contributed by atoms with Gasteiger partial charge in [0.05, 0.1) is 117 Å². The van der Waals surface area contributed by atoms with Crippen molar-refractivity contribution in [3.63, 3.8) is 0 Å². The van der Waals surface area contributed by atoms with Crippen molar-refractivity contribution < 1.29 is 4.74 Å². The molecule has 8 aromatic carbocycles. The molecule has 22 aromatic rings. The zero-order chi connectivity index (χ0) is 88.7. The van der Waals surface area contributed by atoms with Gasteiger partial charge in [0.2, 0.25) is 0 Å². The number of nitrogens with zero attached hydrogens (tertiary/aromatic N) is 24. The summed E-state index contributed by atoms with van der Waals surface area (Å²) in [6, 6.07) is 73.5. The molecule has 1 atom stereocenters. The van der Waals surface area contributed by atoms with Crippen LogP contribution in [0, 0.1) is 3.70 Å². The molecule has 14 aromatic heterocycles. The lowest BCUT2D eigenvalue weighted by molar-refractivity contribution is 0.122. The molecular formula is C96H84IN33O. The molecule has 2 saturated heterocycles. The zero-order valence-corrected chi connectivity index (χ0v) is 73.1. The summed E-state index contributed by atoms with van der Waals surface area (Å²) < 4.78 is 12.0. The number of hydrogen-bond donors (Lipinski definition) is 9. The quantitative estimate of drug-likeness (QED) is 0.0430. The Morgan fingerprint density at radius 1 is 0.397 bits per heavy atom. The second-order valence-electron chi connectivity index (χ2n) is 32.0. The van der Waals surface area contributed by atoms with Crippen LogP contribution in [0.5, 0.6) is 0 Å². The van der Waals surface area contributed by atoms with Crippen LogP contribution < -0.4 is 43.8 Å². The summed E-state index contributed by atoms with van der Waals surface area (Å²) in [7, 11) is 2.16. The zero-order valence-electron chi connectivity index (χ0n) is 70.9. The number of hydrogen-bond acceptors (Lipinski definition) is 28. The highest BCUT2D eigenvalue weighted by molar-refractivity contribution is 14.1. The van der Waals surface area contributed by atoms with Gasteiger partial charge in [-0.05, 0) is 109 Å². The summed E-state index contributed by atoms with van der Waals surface area (Å²) in [5.74, 6) is 4.62. The SMILES string of the molecule is CC(Nc1ncnc2nc[nH]c12)c1cc2ccccc2nc1-c1ccccc1.CN1CCN(c2nc3ccccc3cc2Cn2nc(I)c3c(N)ncnc32)CC1.Nc1nc2ccc(-c3nn(Cc4cc5ccccc5nc4-c4ccccc4)c4ncnc(N)c34)cc2[nH]1.Nc1nc2ccc(-c3nn(Cc4cc5ccccc5nc4N4CCOCC4)c4ncnc(N)c34)cc2[nH]1. The van der Waals surface area contributed by atoms with Crippen LogP contribution in [0.25, 0.3) is 155 Å². The maximum atomic E-state index is 6.36. The molecule has 0 radical (unpaired) electrons. The van der Waals surface area contributed by atoms with Crippen LogP contribution in [0.2, 0.25) is 0 Å². The first kappa shape index (κ1) is 81.6. The molecule has 34 nitrogen and oxygen atoms in total. The molecule has 14 N–H and O–H groups in total. The second kappa shape index (κ2) is 35.1. The predicted molar refractivity (Wildman–Crippen MR) is 523 cm³/mol. The number of rotatable bonds is 15. The molecule has 2 aliphatic heterocycles. The summed E-state index contributed by atoms with van der Waals surface area (Å²) in [5, 5.41) is 24.7. The van der Waals surface area contributed by atoms with E-state index in [9.17, 15) is 0 Å². The maximum Gasteiger partial charge on any atom is 0.198 e. The lowest BCUT2D eigenvalue weighted by Gasteiger charge is -2.34. The number of para-hydroxylation sites is 4. The summed E-state index contributed by atoms with van der Waals surface area (Å²) in [4.78, 5) is 83.9. The minimum atomic E-state index is -0.0197. The van der Waals surface area contributed by atoms with E-state index in [1.54, 1.807) is 6.33 Å². The van der Waals surface area contributed by atoms with Crippen molar-refractivity contribution in [2.75, 3.05) is 103 Å². The summed E-state index contributed by atoms with van der Waals surface area (Å²) in [6.07, 6.45) is 7.58. The van der Waals surface area contributed by atoms with Gasteiger partial charge < -0.3 is 68.4 Å². The summed E-state index contributed by atoms with van der Waals surface area (Å²) >= 11 is 2.19. The molecule has 24 rings (SSSR count). The Balaban J connectivity index is 0.000000106. The number of benzene rings is 8. The lowest BCUT2D eigenvalue weighted by Crippen LogP contribution is -2.45. The van der Waals surface area contributed by atoms with Gasteiger partial charge in [-0.25, -0.2) is 88.8 Å². The largest absolute Gasteiger partial charge is 0.383 e. The Hall–Kier alpha value is -16.4. The van der Waals surface area contributed by atoms with E-state index in [2.05, 4.69) is 205 Å². The monoisotopic (exact) mass is 1840 g/mol. The van der Waals surface area contributed by atoms with Gasteiger partial charge in [-0.1, -0.05) is 146 Å². The fraction of sp³-hybridized carbons (Fsp3) is 0.146. The average molecular weight is 1840 g/mol. The van der Waals surface area contributed by atoms with Crippen molar-refractivity contribution in [1.29, 1.82) is 0 Å². The first-order valence-corrected chi connectivity index (χ1v) is 43.7. The number of nitrogens with one attached hydrogen (secondary N) is 4. The van der Waals surface area contributed by atoms with E-state index >= 15 is 0 Å². The second-order valence-corrected chi connectivity index (χ2v) is 33.0. The van der Waals surface area contributed by atoms with E-state index in [0.717, 1.165) is 199 Å². The standard InChI is InChI=1S/C28H21N9.C26H24N10O.C22H18N6.C20H21IN8/c29-26-23-25(18-10-11-21-22(13-18)35-28(30)34-21)36-37(27(23)32-15-31-26)14-19-12-17-8-4-5-9-20(17)33-24(19)16-6-2-1-3-7-16;27-23-21-22(16-5-6-19-20(12-16)33-26(28)32-19)34-36(25(21)30-14-29-23)13-17-11-15-3-1-2-4-18(15)31-24(17)35-7-9-37-10-8-35;1-14(27-22-20-21(24-12-23-20)25-13-26-22)17-11-16-9-5-6-10-18(16)28-19(17)15-7-3-2-4-8-15;1-27-6-8-28(9-7-27)19-14(10-13-4-2-3-5-15(13)25-19)11-29-20-16(17(21)26-29)18(22)23-12-24-20/h1-13,15H,14H2,(H2,29,31,32)(H3,30,34,35);1-6,11-12,14H,7-10,13H2,(H2,27,29,30)(H3,28,32,33);2-14H,1H3,(H2,23,24,25,26,27);2-5,10,12H,6-9,11H2,1H3,(H2,22,23,24). The third kappa shape index (κ3) is 16.4. The van der Waals surface area contributed by atoms with Gasteiger partial charge in [0.25, 0.3) is 0 Å². The van der Waals surface area contributed by atoms with E-state index in [1.807, 2.05) is 154 Å². The van der Waals surface area contributed by atoms with Crippen molar-refractivity contribution >= 4 is 179 Å². The smallest absolute Gasteiger partial charge is 0.198 e. The van der Waals surface area contributed by atoms with Crippen molar-refractivity contribution in [2.45, 2.75) is 32.6 Å². The number of imidazole rings is 3. The number of anilines is 8. The van der Waals surface area contributed by atoms with Crippen LogP contribution in [0.1, 0.15) is 35.2 Å². The molecule has 1 unspecified atom stereocenters. The Bertz CT molecular complexity index is 8040. The van der Waals surface area contributed by atoms with Crippen molar-refractivity contribution in [1.82, 2.24) is 124 Å². The van der Waals surface area contributed by atoms with Gasteiger partial charge >= 0.3 is 0 Å². The summed E-state index contributed by atoms with van der Waals surface area (Å²) in [6.45, 7) is 10.5. The number of nitrogen functional groups attached to an aromatic ring is 5. The van der Waals surface area contributed by atoms with Gasteiger partial charge in [0, 0.05) is 105 Å². The Morgan fingerprint density at radius 2 is 0.832 bits per heavy atom. The van der Waals surface area contributed by atoms with E-state index in [1.165, 1.54) is 25.3 Å². The highest BCUT2D eigenvalue weighted by Crippen LogP contribution is 2.39. The number of aromatic nitrogens is 24. The molecule has 0 spiro atoms. The topological polar surface area (TPSA) is 455 Å². The lowest BCUT2D eigenvalue weighted by atomic mass is 9.98. The molecule has 0 bridgehead atoms. The number of aromatic amines is 3. The van der Waals surface area contributed by atoms with Crippen LogP contribution in [0.15, 0.2) is 250 Å². The van der Waals surface area contributed by atoms with Gasteiger partial charge in [-0.15, -0.1) is 0 Å². The molecule has 2 aliphatic rings. The number of morpholine rings is 1. The maximum absolute atomic E-state index is 6.36. The average Bonchev–Trinajstić information content (AvgIpc) is 1.59. The molecule has 131 heavy (non-hydrogen) atoms. The molecule has 0 aliphatic carbocycles. The Morgan fingerprint density at radius 3 is 1.37 bits per heavy atom. The number of piperazine rings is 1. The fourth-order valence-corrected chi connectivity index (χ4v) is 17.8. The highest BCUT2D eigenvalue weighted by Gasteiger charge is 2.28. The molecular weight excluding hydrogens is 1760 g/mol. The number of nitrogens with two attached hydrogens (primary N) is 5. The number of likely N-dealkylation sites (N-methyl/N-ethyl adjacent to an activating group) is 1. The number of pyridine rings is 4. The number of halogens is 1. The van der Waals surface area contributed by atoms with E-state index in [4.69, 9.17) is 68.6 Å². The Labute approximate surface area is 760 Å². The normalized spacial score (nSPS) is 13.3. The van der Waals surface area contributed by atoms with E-state index in [-0.39, 0.29) is 6.04 Å². The van der Waals surface area contributed by atoms with E-state index in [0.29, 0.717) is 101 Å². The Kier molecular flexibility index (Phi) is 21.9. The van der Waals surface area contributed by atoms with Crippen LogP contribution in [-0.4, -0.2) is 183 Å². The summed E-state index contributed by atoms with van der Waals surface area (Å²) in [5.41, 5.74) is 52.5. The van der Waals surface area contributed by atoms with Gasteiger partial charge in [-0.3, -0.25) is 0 Å². The number of H-pyrrole nitrogens is 3. The fourth-order valence-electron chi connectivity index (χ4n) is 17.1. The number of ether oxygens (including phenoxy) is 1. The van der Waals surface area contributed by atoms with Crippen molar-refractivity contribution in [3.8, 4) is 45.0 Å². The molecule has 0 amide bonds. The minimum absolute atomic E-state index is 0.0197. The van der Waals surface area contributed by atoms with Crippen LogP contribution in [-0.2, 0) is 24.4 Å². The molecule has 2 fully saturated rings. The third-order valence-electron chi connectivity index (χ3n) is 23.5. The van der Waals surface area contributed by atoms with Crippen molar-refractivity contribution in [3.05, 3.63) is 276 Å². The molecule has 646 valence electrons. The van der Waals surface area contributed by atoms with Crippen molar-refractivity contribution in [2.24, 2.45) is 0 Å². The van der Waals surface area contributed by atoms with Gasteiger partial charge in [0.1, 0.15) is 75.0 Å². The van der Waals surface area contributed by atoms with Crippen LogP contribution in [0.4, 0.5) is 46.8 Å². The van der Waals surface area contributed by atoms with Gasteiger partial charge in [0.15, 0.2) is 40.3 Å². The number of fused-ring (bicyclic) bond motifs is 10. The first-order chi connectivity index (χ1) is 64.2. The predicted octanol–water partition coefficient (Wildman–Crippen LogP) is 14.9. The molecule has 16 heterocycles. The molecule has 35 heteroatoms. The first-order valence-electron chi connectivity index (χ1n) is 42.6. The van der Waals surface area contributed by atoms with Crippen LogP contribution >= 0.6 is 22.6 Å². The van der Waals surface area contributed by atoms with Crippen LogP contribution in [0.3, 0.4) is 0 Å². The molecule has 0 saturated carbocycles. The van der Waals surface area contributed by atoms with E-state index < -0.39 is 0 Å². The minimum Gasteiger partial charge on any atom is -0.383 e. The third-order valence-corrected chi connectivity index (χ3v) is 24.3.